The molecule has 0 N–H and O–H groups in total. The molecule has 0 bridgehead atoms. The molecule has 0 amide bonds. The van der Waals surface area contributed by atoms with Crippen LogP contribution >= 0.6 is 0 Å². The lowest BCUT2D eigenvalue weighted by atomic mass is 9.65. The summed E-state index contributed by atoms with van der Waals surface area (Å²) in [6.45, 7) is 0. The molecule has 2 unspecified atom stereocenters. The first-order valence-corrected chi connectivity index (χ1v) is 22.0. The van der Waals surface area contributed by atoms with E-state index in [4.69, 9.17) is 0 Å². The van der Waals surface area contributed by atoms with Crippen LogP contribution in [0.3, 0.4) is 0 Å². The molecule has 0 heterocycles. The molecule has 63 heavy (non-hydrogen) atoms. The molecule has 0 aromatic heterocycles. The number of nitrogens with zero attached hydrogens (tertiary/aromatic N) is 2. The van der Waals surface area contributed by atoms with Crippen molar-refractivity contribution in [1.82, 2.24) is 0 Å². The summed E-state index contributed by atoms with van der Waals surface area (Å²) in [4.78, 5) is 4.65. The molecule has 0 radical (unpaired) electrons. The standard InChI is InChI=1S/C61H44N2/c1-5-17-47(18-6-1)62(48-19-7-2-8-20-48)51-35-29-43(30-36-51)45-33-39-55-56-40-34-46(44-31-37-52(38-32-44)63(49-21-9-3-10-22-49)50-23-11-4-12-24-50)42-60(56)61(59(55)41-45)57-27-15-13-25-53(57)54-26-14-16-28-58(54)61/h1-42,53,57H. The summed E-state index contributed by atoms with van der Waals surface area (Å²) in [5.74, 6) is 0.533. The largest absolute Gasteiger partial charge is 0.311 e. The Bertz CT molecular complexity index is 2900. The van der Waals surface area contributed by atoms with Gasteiger partial charge in [0.1, 0.15) is 0 Å². The van der Waals surface area contributed by atoms with Crippen molar-refractivity contribution in [2.75, 3.05) is 9.80 Å². The Hall–Kier alpha value is -7.94. The van der Waals surface area contributed by atoms with Crippen LogP contribution in [0, 0.1) is 5.92 Å². The smallest absolute Gasteiger partial charge is 0.0538 e. The van der Waals surface area contributed by atoms with E-state index in [9.17, 15) is 0 Å². The summed E-state index contributed by atoms with van der Waals surface area (Å²) in [6.07, 6.45) is 9.42. The van der Waals surface area contributed by atoms with Gasteiger partial charge >= 0.3 is 0 Å². The van der Waals surface area contributed by atoms with E-state index < -0.39 is 0 Å². The van der Waals surface area contributed by atoms with E-state index in [1.165, 1.54) is 55.6 Å². The van der Waals surface area contributed by atoms with Crippen LogP contribution in [-0.2, 0) is 5.41 Å². The zero-order valence-corrected chi connectivity index (χ0v) is 34.8. The Labute approximate surface area is 370 Å². The number of anilines is 6. The first-order chi connectivity index (χ1) is 31.3. The van der Waals surface area contributed by atoms with Crippen LogP contribution < -0.4 is 9.80 Å². The van der Waals surface area contributed by atoms with Gasteiger partial charge in [0.15, 0.2) is 0 Å². The van der Waals surface area contributed by atoms with E-state index in [0.717, 1.165) is 34.1 Å². The molecule has 298 valence electrons. The second-order valence-corrected chi connectivity index (χ2v) is 16.8. The van der Waals surface area contributed by atoms with E-state index in [1.54, 1.807) is 0 Å². The van der Waals surface area contributed by atoms with Crippen LogP contribution in [0.1, 0.15) is 28.2 Å². The van der Waals surface area contributed by atoms with Gasteiger partial charge in [-0.25, -0.2) is 0 Å². The number of allylic oxidation sites excluding steroid dienone is 4. The highest BCUT2D eigenvalue weighted by molar-refractivity contribution is 5.90. The first kappa shape index (κ1) is 36.9. The quantitative estimate of drug-likeness (QED) is 0.151. The normalized spacial score (nSPS) is 15.9. The van der Waals surface area contributed by atoms with Crippen molar-refractivity contribution in [2.24, 2.45) is 5.92 Å². The van der Waals surface area contributed by atoms with Crippen molar-refractivity contribution < 1.29 is 0 Å². The first-order valence-electron chi connectivity index (χ1n) is 22.0. The van der Waals surface area contributed by atoms with Crippen LogP contribution in [-0.4, -0.2) is 0 Å². The van der Waals surface area contributed by atoms with Crippen LogP contribution in [0.5, 0.6) is 0 Å². The van der Waals surface area contributed by atoms with Gasteiger partial charge in [-0.1, -0.05) is 170 Å². The fraction of sp³-hybridized carbons (Fsp3) is 0.0492. The summed E-state index contributed by atoms with van der Waals surface area (Å²) in [5.41, 5.74) is 19.6. The van der Waals surface area contributed by atoms with Crippen LogP contribution in [0.4, 0.5) is 34.1 Å². The van der Waals surface area contributed by atoms with Crippen molar-refractivity contribution in [3.63, 3.8) is 0 Å². The minimum absolute atomic E-state index is 0.241. The molecular weight excluding hydrogens is 761 g/mol. The average Bonchev–Trinajstić information content (AvgIpc) is 3.83. The van der Waals surface area contributed by atoms with Gasteiger partial charge in [0.25, 0.3) is 0 Å². The lowest BCUT2D eigenvalue weighted by Gasteiger charge is -2.36. The molecule has 0 fully saturated rings. The van der Waals surface area contributed by atoms with Gasteiger partial charge in [-0.15, -0.1) is 0 Å². The Morgan fingerprint density at radius 1 is 0.302 bits per heavy atom. The van der Waals surface area contributed by atoms with Crippen molar-refractivity contribution in [1.29, 1.82) is 0 Å². The molecular formula is C61H44N2. The molecule has 0 saturated heterocycles. The highest BCUT2D eigenvalue weighted by atomic mass is 15.1. The molecule has 1 spiro atoms. The summed E-state index contributed by atoms with van der Waals surface area (Å²) in [5, 5.41) is 0. The SMILES string of the molecule is C1=CC2c3ccccc3C3(c4cc(-c5ccc(N(c6ccccc6)c6ccccc6)cc5)ccc4-c4ccc(-c5ccc(N(c6ccccc6)c6ccccc6)cc5)cc43)C2C=C1. The highest BCUT2D eigenvalue weighted by Crippen LogP contribution is 2.66. The third kappa shape index (κ3) is 6.02. The number of rotatable bonds is 8. The molecule has 12 rings (SSSR count). The van der Waals surface area contributed by atoms with Gasteiger partial charge in [0.05, 0.1) is 5.41 Å². The molecule has 2 nitrogen and oxygen atoms in total. The van der Waals surface area contributed by atoms with Crippen molar-refractivity contribution >= 4 is 34.1 Å². The lowest BCUT2D eigenvalue weighted by Crippen LogP contribution is -2.33. The molecule has 2 heteroatoms. The van der Waals surface area contributed by atoms with E-state index in [0.29, 0.717) is 5.92 Å². The van der Waals surface area contributed by atoms with E-state index in [2.05, 4.69) is 265 Å². The van der Waals surface area contributed by atoms with Crippen LogP contribution in [0.25, 0.3) is 33.4 Å². The van der Waals surface area contributed by atoms with Crippen LogP contribution in [0.2, 0.25) is 0 Å². The molecule has 9 aromatic rings. The molecule has 3 aliphatic carbocycles. The second kappa shape index (κ2) is 15.2. The van der Waals surface area contributed by atoms with E-state index >= 15 is 0 Å². The van der Waals surface area contributed by atoms with Gasteiger partial charge in [0.2, 0.25) is 0 Å². The summed E-state index contributed by atoms with van der Waals surface area (Å²) < 4.78 is 0. The Morgan fingerprint density at radius 2 is 0.667 bits per heavy atom. The van der Waals surface area contributed by atoms with Gasteiger partial charge in [-0.2, -0.15) is 0 Å². The van der Waals surface area contributed by atoms with E-state index in [-0.39, 0.29) is 11.3 Å². The number of hydrogen-bond donors (Lipinski definition) is 0. The van der Waals surface area contributed by atoms with E-state index in [1.807, 2.05) is 0 Å². The average molecular weight is 805 g/mol. The molecule has 0 aliphatic heterocycles. The zero-order valence-electron chi connectivity index (χ0n) is 34.8. The van der Waals surface area contributed by atoms with Crippen molar-refractivity contribution in [2.45, 2.75) is 11.3 Å². The number of para-hydroxylation sites is 4. The number of hydrogen-bond acceptors (Lipinski definition) is 2. The Balaban J connectivity index is 0.968. The van der Waals surface area contributed by atoms with Gasteiger partial charge < -0.3 is 9.80 Å². The molecule has 9 aromatic carbocycles. The van der Waals surface area contributed by atoms with Crippen LogP contribution in [0.15, 0.2) is 255 Å². The van der Waals surface area contributed by atoms with Crippen molar-refractivity contribution in [3.05, 3.63) is 277 Å². The third-order valence-corrected chi connectivity index (χ3v) is 13.5. The Morgan fingerprint density at radius 3 is 1.11 bits per heavy atom. The number of fused-ring (bicyclic) bond motifs is 10. The van der Waals surface area contributed by atoms with Gasteiger partial charge in [-0.05, 0) is 141 Å². The van der Waals surface area contributed by atoms with Gasteiger partial charge in [-0.3, -0.25) is 0 Å². The van der Waals surface area contributed by atoms with Gasteiger partial charge in [0, 0.05) is 46.0 Å². The Kier molecular flexibility index (Phi) is 8.90. The van der Waals surface area contributed by atoms with Crippen molar-refractivity contribution in [3.8, 4) is 33.4 Å². The molecule has 0 saturated carbocycles. The zero-order chi connectivity index (χ0) is 41.7. The fourth-order valence-electron chi connectivity index (χ4n) is 10.8. The molecule has 3 aliphatic rings. The second-order valence-electron chi connectivity index (χ2n) is 16.8. The predicted octanol–water partition coefficient (Wildman–Crippen LogP) is 16.1. The topological polar surface area (TPSA) is 6.48 Å². The minimum Gasteiger partial charge on any atom is -0.311 e. The molecule has 2 atom stereocenters. The summed E-state index contributed by atoms with van der Waals surface area (Å²) in [7, 11) is 0. The fourth-order valence-corrected chi connectivity index (χ4v) is 10.8. The maximum atomic E-state index is 2.51. The maximum absolute atomic E-state index is 2.51. The number of benzene rings is 9. The maximum Gasteiger partial charge on any atom is 0.0538 e. The minimum atomic E-state index is -0.353. The predicted molar refractivity (Wildman–Crippen MR) is 263 cm³/mol. The lowest BCUT2D eigenvalue weighted by molar-refractivity contribution is 0.466. The third-order valence-electron chi connectivity index (χ3n) is 13.5. The monoisotopic (exact) mass is 804 g/mol. The summed E-state index contributed by atoms with van der Waals surface area (Å²) in [6, 6.07) is 84.4. The highest BCUT2D eigenvalue weighted by Gasteiger charge is 2.57. The summed E-state index contributed by atoms with van der Waals surface area (Å²) >= 11 is 0.